The quantitative estimate of drug-likeness (QED) is 0.565. The van der Waals surface area contributed by atoms with Crippen LogP contribution in [0.25, 0.3) is 10.9 Å². The number of aliphatic carboxylic acids is 1. The molecule has 4 heterocycles. The molecule has 2 aliphatic rings. The Labute approximate surface area is 187 Å². The normalized spacial score (nSPS) is 21.4. The minimum atomic E-state index is -0.771. The van der Waals surface area contributed by atoms with Gasteiger partial charge in [-0.1, -0.05) is 18.5 Å². The van der Waals surface area contributed by atoms with E-state index in [0.717, 1.165) is 29.1 Å². The van der Waals surface area contributed by atoms with Gasteiger partial charge >= 0.3 is 5.97 Å². The second-order valence-electron chi connectivity index (χ2n) is 8.94. The number of nitrogens with zero attached hydrogens (tertiary/aromatic N) is 3. The van der Waals surface area contributed by atoms with Crippen LogP contribution in [0.15, 0.2) is 36.7 Å². The summed E-state index contributed by atoms with van der Waals surface area (Å²) < 4.78 is 2.40. The number of likely N-dealkylation sites (N-methyl/N-ethyl adjacent to an activating group) is 1. The molecule has 0 saturated carbocycles. The van der Waals surface area contributed by atoms with E-state index in [0.29, 0.717) is 18.6 Å². The highest BCUT2D eigenvalue weighted by molar-refractivity contribution is 6.31. The van der Waals surface area contributed by atoms with Crippen LogP contribution in [0.2, 0.25) is 5.02 Å². The Morgan fingerprint density at radius 3 is 2.90 bits per heavy atom. The molecule has 1 saturated heterocycles. The van der Waals surface area contributed by atoms with Crippen molar-refractivity contribution in [1.29, 1.82) is 0 Å². The molecular formula is C25H28ClN3O2. The van der Waals surface area contributed by atoms with E-state index in [4.69, 9.17) is 11.6 Å². The molecule has 0 radical (unpaired) electrons. The Hall–Kier alpha value is -2.37. The van der Waals surface area contributed by atoms with E-state index in [9.17, 15) is 9.90 Å². The number of hydrogen-bond acceptors (Lipinski definition) is 3. The predicted octanol–water partition coefficient (Wildman–Crippen LogP) is 5.34. The van der Waals surface area contributed by atoms with Crippen LogP contribution in [0.4, 0.5) is 0 Å². The number of benzene rings is 1. The van der Waals surface area contributed by atoms with Gasteiger partial charge in [-0.3, -0.25) is 14.7 Å². The number of halogens is 1. The third-order valence-corrected chi connectivity index (χ3v) is 7.51. The van der Waals surface area contributed by atoms with Gasteiger partial charge in [-0.2, -0.15) is 0 Å². The lowest BCUT2D eigenvalue weighted by molar-refractivity contribution is -0.137. The van der Waals surface area contributed by atoms with E-state index in [1.54, 1.807) is 6.20 Å². The first-order valence-corrected chi connectivity index (χ1v) is 11.5. The first kappa shape index (κ1) is 20.5. The molecule has 3 atom stereocenters. The highest BCUT2D eigenvalue weighted by Crippen LogP contribution is 2.48. The molecule has 6 heteroatoms. The molecule has 2 bridgehead atoms. The number of aryl methyl sites for hydroxylation is 1. The standard InChI is InChI=1S/C25H28ClN3O2/c1-3-28-18-5-7-22(28)25-20-11-17(26)4-6-21(20)29(23(25)12-18)14-16(10-24(30)31)19-8-9-27-13-15(19)2/h4,6,8-9,11,13,16,18,22H,3,5,7,10,12,14H2,1-2H3,(H,30,31). The number of pyridine rings is 1. The number of carboxylic acids is 1. The van der Waals surface area contributed by atoms with Gasteiger partial charge in [0.1, 0.15) is 0 Å². The maximum atomic E-state index is 11.8. The van der Waals surface area contributed by atoms with Gasteiger partial charge < -0.3 is 9.67 Å². The fraction of sp³-hybridized carbons (Fsp3) is 0.440. The number of carbonyl (C=O) groups is 1. The highest BCUT2D eigenvalue weighted by Gasteiger charge is 2.42. The Bertz CT molecular complexity index is 1160. The van der Waals surface area contributed by atoms with Gasteiger partial charge in [0.05, 0.1) is 6.42 Å². The van der Waals surface area contributed by atoms with E-state index in [2.05, 4.69) is 33.5 Å². The van der Waals surface area contributed by atoms with Crippen LogP contribution in [0.1, 0.15) is 60.5 Å². The molecular weight excluding hydrogens is 410 g/mol. The maximum absolute atomic E-state index is 11.8. The molecule has 1 N–H and O–H groups in total. The van der Waals surface area contributed by atoms with Crippen LogP contribution in [-0.2, 0) is 17.8 Å². The first-order valence-electron chi connectivity index (χ1n) is 11.2. The molecule has 3 aromatic rings. The van der Waals surface area contributed by atoms with Gasteiger partial charge in [0, 0.05) is 65.0 Å². The summed E-state index contributed by atoms with van der Waals surface area (Å²) >= 11 is 6.43. The zero-order chi connectivity index (χ0) is 21.7. The minimum absolute atomic E-state index is 0.0980. The smallest absolute Gasteiger partial charge is 0.304 e. The second kappa shape index (κ2) is 7.95. The zero-order valence-corrected chi connectivity index (χ0v) is 18.8. The molecule has 1 fully saturated rings. The summed E-state index contributed by atoms with van der Waals surface area (Å²) in [4.78, 5) is 18.6. The molecule has 5 rings (SSSR count). The van der Waals surface area contributed by atoms with E-state index in [-0.39, 0.29) is 12.3 Å². The molecule has 0 aliphatic carbocycles. The summed E-state index contributed by atoms with van der Waals surface area (Å²) in [6.07, 6.45) is 7.10. The second-order valence-corrected chi connectivity index (χ2v) is 9.38. The van der Waals surface area contributed by atoms with Gasteiger partial charge in [-0.05, 0) is 67.3 Å². The fourth-order valence-corrected chi connectivity index (χ4v) is 6.19. The van der Waals surface area contributed by atoms with Gasteiger partial charge in [-0.25, -0.2) is 0 Å². The van der Waals surface area contributed by atoms with Gasteiger partial charge in [0.25, 0.3) is 0 Å². The molecule has 31 heavy (non-hydrogen) atoms. The third kappa shape index (κ3) is 3.44. The molecule has 0 spiro atoms. The minimum Gasteiger partial charge on any atom is -0.481 e. The van der Waals surface area contributed by atoms with Crippen LogP contribution < -0.4 is 0 Å². The molecule has 5 nitrogen and oxygen atoms in total. The lowest BCUT2D eigenvalue weighted by Crippen LogP contribution is -2.37. The molecule has 162 valence electrons. The summed E-state index contributed by atoms with van der Waals surface area (Å²) in [7, 11) is 0. The van der Waals surface area contributed by atoms with Crippen molar-refractivity contribution in [3.8, 4) is 0 Å². The number of hydrogen-bond donors (Lipinski definition) is 1. The zero-order valence-electron chi connectivity index (χ0n) is 18.0. The van der Waals surface area contributed by atoms with Crippen molar-refractivity contribution in [2.75, 3.05) is 6.54 Å². The molecule has 2 aromatic heterocycles. The number of rotatable bonds is 6. The summed E-state index contributed by atoms with van der Waals surface area (Å²) in [5, 5.41) is 11.6. The average Bonchev–Trinajstić information content (AvgIpc) is 3.20. The molecule has 0 amide bonds. The van der Waals surface area contributed by atoms with Gasteiger partial charge in [0.15, 0.2) is 0 Å². The third-order valence-electron chi connectivity index (χ3n) is 7.27. The van der Waals surface area contributed by atoms with E-state index in [1.807, 2.05) is 25.3 Å². The van der Waals surface area contributed by atoms with Crippen molar-refractivity contribution in [3.63, 3.8) is 0 Å². The monoisotopic (exact) mass is 437 g/mol. The summed E-state index contributed by atoms with van der Waals surface area (Å²) in [6, 6.07) is 9.13. The van der Waals surface area contributed by atoms with Crippen LogP contribution in [0.3, 0.4) is 0 Å². The van der Waals surface area contributed by atoms with Crippen molar-refractivity contribution in [2.24, 2.45) is 0 Å². The fourth-order valence-electron chi connectivity index (χ4n) is 6.02. The molecule has 1 aromatic carbocycles. The van der Waals surface area contributed by atoms with E-state index < -0.39 is 5.97 Å². The number of carboxylic acid groups (broad SMARTS) is 1. The highest BCUT2D eigenvalue weighted by atomic mass is 35.5. The van der Waals surface area contributed by atoms with Crippen molar-refractivity contribution in [1.82, 2.24) is 14.5 Å². The Morgan fingerprint density at radius 1 is 1.32 bits per heavy atom. The van der Waals surface area contributed by atoms with Crippen LogP contribution in [0.5, 0.6) is 0 Å². The Balaban J connectivity index is 1.66. The Kier molecular flexibility index (Phi) is 5.27. The molecule has 2 aliphatic heterocycles. The van der Waals surface area contributed by atoms with Gasteiger partial charge in [-0.15, -0.1) is 0 Å². The lowest BCUT2D eigenvalue weighted by atomic mass is 9.92. The number of aromatic nitrogens is 2. The lowest BCUT2D eigenvalue weighted by Gasteiger charge is -2.35. The largest absolute Gasteiger partial charge is 0.481 e. The summed E-state index contributed by atoms with van der Waals surface area (Å²) in [6.45, 7) is 5.97. The van der Waals surface area contributed by atoms with Crippen LogP contribution in [-0.4, -0.2) is 38.1 Å². The predicted molar refractivity (Wildman–Crippen MR) is 123 cm³/mol. The van der Waals surface area contributed by atoms with Crippen LogP contribution in [0, 0.1) is 6.92 Å². The summed E-state index contributed by atoms with van der Waals surface area (Å²) in [5.74, 6) is -0.885. The van der Waals surface area contributed by atoms with Crippen molar-refractivity contribution in [3.05, 3.63) is 64.1 Å². The van der Waals surface area contributed by atoms with Gasteiger partial charge in [0.2, 0.25) is 0 Å². The van der Waals surface area contributed by atoms with E-state index >= 15 is 0 Å². The van der Waals surface area contributed by atoms with Crippen LogP contribution >= 0.6 is 11.6 Å². The van der Waals surface area contributed by atoms with Crippen molar-refractivity contribution >= 4 is 28.5 Å². The number of fused-ring (bicyclic) bond motifs is 6. The van der Waals surface area contributed by atoms with Crippen molar-refractivity contribution in [2.45, 2.75) is 64.1 Å². The van der Waals surface area contributed by atoms with Crippen molar-refractivity contribution < 1.29 is 9.90 Å². The summed E-state index contributed by atoms with van der Waals surface area (Å²) in [5.41, 5.74) is 6.06. The average molecular weight is 438 g/mol. The van der Waals surface area contributed by atoms with E-state index in [1.165, 1.54) is 35.0 Å². The SMILES string of the molecule is CCN1C2CCC1c1c(n(CC(CC(=O)O)c3ccncc3C)c3ccc(Cl)cc13)C2. The molecule has 3 unspecified atom stereocenters. The first-order chi connectivity index (χ1) is 15.0. The Morgan fingerprint density at radius 2 is 2.16 bits per heavy atom. The maximum Gasteiger partial charge on any atom is 0.304 e. The topological polar surface area (TPSA) is 58.4 Å².